The number of carbonyl (C=O) groups excluding carboxylic acids is 3. The summed E-state index contributed by atoms with van der Waals surface area (Å²) in [5.74, 6) is -3.77. The van der Waals surface area contributed by atoms with Gasteiger partial charge in [-0.2, -0.15) is 0 Å². The van der Waals surface area contributed by atoms with Crippen molar-refractivity contribution in [3.05, 3.63) is 75.3 Å². The number of carbonyl (C=O) groups is 3. The molecule has 0 amide bonds. The normalized spacial score (nSPS) is 21.3. The molecule has 0 bridgehead atoms. The summed E-state index contributed by atoms with van der Waals surface area (Å²) < 4.78 is 19.0. The number of methoxy groups -OCH3 is 1. The molecular formula is C34H28O9. The Kier molecular flexibility index (Phi) is 5.24. The highest BCUT2D eigenvalue weighted by molar-refractivity contribution is 6.53. The van der Waals surface area contributed by atoms with Crippen LogP contribution in [0.1, 0.15) is 68.5 Å². The van der Waals surface area contributed by atoms with Crippen LogP contribution >= 0.6 is 0 Å². The monoisotopic (exact) mass is 580 g/mol. The lowest BCUT2D eigenvalue weighted by atomic mass is 9.66. The van der Waals surface area contributed by atoms with Crippen LogP contribution in [0.2, 0.25) is 0 Å². The number of fused-ring (bicyclic) bond motifs is 9. The first-order valence-electron chi connectivity index (χ1n) is 13.8. The molecule has 0 radical (unpaired) electrons. The molecule has 2 atom stereocenters. The van der Waals surface area contributed by atoms with E-state index in [9.17, 15) is 29.7 Å². The zero-order valence-corrected chi connectivity index (χ0v) is 24.3. The number of aromatic hydroxyl groups is 3. The molecule has 4 aromatic rings. The molecule has 0 saturated heterocycles. The van der Waals surface area contributed by atoms with Crippen molar-refractivity contribution < 1.29 is 43.9 Å². The number of benzene rings is 4. The number of ketones is 3. The van der Waals surface area contributed by atoms with Gasteiger partial charge in [-0.1, -0.05) is 0 Å². The molecule has 0 unspecified atom stereocenters. The average molecular weight is 581 g/mol. The smallest absolute Gasteiger partial charge is 0.313 e. The van der Waals surface area contributed by atoms with E-state index in [0.717, 1.165) is 0 Å². The highest BCUT2D eigenvalue weighted by Gasteiger charge is 2.64. The van der Waals surface area contributed by atoms with E-state index in [1.807, 2.05) is 0 Å². The second kappa shape index (κ2) is 8.35. The summed E-state index contributed by atoms with van der Waals surface area (Å²) in [4.78, 5) is 40.9. The molecule has 3 N–H and O–H groups in total. The maximum Gasteiger partial charge on any atom is 0.313 e. The van der Waals surface area contributed by atoms with Crippen LogP contribution in [-0.4, -0.2) is 45.6 Å². The van der Waals surface area contributed by atoms with Crippen molar-refractivity contribution in [1.82, 2.24) is 0 Å². The van der Waals surface area contributed by atoms with Gasteiger partial charge in [-0.3, -0.25) is 14.4 Å². The molecule has 9 nitrogen and oxygen atoms in total. The first-order chi connectivity index (χ1) is 20.2. The summed E-state index contributed by atoms with van der Waals surface area (Å²) in [6, 6.07) is 9.23. The van der Waals surface area contributed by atoms with Crippen LogP contribution in [0.4, 0.5) is 0 Å². The molecule has 43 heavy (non-hydrogen) atoms. The molecule has 1 heterocycles. The standard InChI is InChI=1S/C34H28O9/c1-13-7-17-18(10-23(13)36)27-21(12-24(17)37)33(4,5)32(40)34(41-6)31(27)42-25-11-19-16-9-22(35)14(2)8-20(16)28(38)29(39)26(19)15(3)30(25)43-34/h7-12,31,35-37H,1-6H3/t31-,34-/m0/s1. The first kappa shape index (κ1) is 27.0. The predicted molar refractivity (Wildman–Crippen MR) is 155 cm³/mol. The second-order valence-corrected chi connectivity index (χ2v) is 12.1. The van der Waals surface area contributed by atoms with Gasteiger partial charge in [0.15, 0.2) is 17.6 Å². The molecule has 0 fully saturated rings. The Hall–Kier alpha value is -4.89. The Morgan fingerprint density at radius 2 is 1.44 bits per heavy atom. The van der Waals surface area contributed by atoms with Crippen molar-refractivity contribution in [1.29, 1.82) is 0 Å². The van der Waals surface area contributed by atoms with Gasteiger partial charge in [0, 0.05) is 34.7 Å². The van der Waals surface area contributed by atoms with E-state index in [1.165, 1.54) is 31.4 Å². The molecule has 4 aromatic carbocycles. The predicted octanol–water partition coefficient (Wildman–Crippen LogP) is 5.64. The quantitative estimate of drug-likeness (QED) is 0.244. The minimum Gasteiger partial charge on any atom is -0.508 e. The molecule has 218 valence electrons. The maximum absolute atomic E-state index is 14.3. The van der Waals surface area contributed by atoms with E-state index in [2.05, 4.69) is 0 Å². The van der Waals surface area contributed by atoms with Gasteiger partial charge in [0.2, 0.25) is 17.3 Å². The number of Topliss-reactive ketones (excluding diaryl/α,β-unsaturated/α-hetero) is 3. The van der Waals surface area contributed by atoms with Gasteiger partial charge in [0.1, 0.15) is 17.2 Å². The topological polar surface area (TPSA) is 140 Å². The van der Waals surface area contributed by atoms with Gasteiger partial charge in [-0.05, 0) is 104 Å². The van der Waals surface area contributed by atoms with Crippen LogP contribution in [-0.2, 0) is 14.9 Å². The minimum atomic E-state index is -2.01. The molecule has 7 rings (SSSR count). The Morgan fingerprint density at radius 3 is 2.14 bits per heavy atom. The van der Waals surface area contributed by atoms with Gasteiger partial charge < -0.3 is 29.5 Å². The van der Waals surface area contributed by atoms with Crippen molar-refractivity contribution >= 4 is 28.1 Å². The fourth-order valence-electron chi connectivity index (χ4n) is 6.82. The zero-order valence-electron chi connectivity index (χ0n) is 24.3. The van der Waals surface area contributed by atoms with Crippen LogP contribution in [0.3, 0.4) is 0 Å². The van der Waals surface area contributed by atoms with E-state index in [-0.39, 0.29) is 45.4 Å². The number of ether oxygens (including phenoxy) is 3. The fourth-order valence-corrected chi connectivity index (χ4v) is 6.82. The Morgan fingerprint density at radius 1 is 0.767 bits per heavy atom. The molecule has 0 aromatic heterocycles. The zero-order chi connectivity index (χ0) is 30.9. The number of phenolic OH excluding ortho intramolecular Hbond substituents is 3. The summed E-state index contributed by atoms with van der Waals surface area (Å²) >= 11 is 0. The third kappa shape index (κ3) is 3.22. The minimum absolute atomic E-state index is 0.00467. The molecule has 0 saturated carbocycles. The number of hydrogen-bond donors (Lipinski definition) is 3. The van der Waals surface area contributed by atoms with E-state index in [0.29, 0.717) is 44.2 Å². The summed E-state index contributed by atoms with van der Waals surface area (Å²) in [6.07, 6.45) is -1.19. The lowest BCUT2D eigenvalue weighted by Gasteiger charge is -2.50. The molecular weight excluding hydrogens is 552 g/mol. The number of hydrogen-bond acceptors (Lipinski definition) is 9. The lowest BCUT2D eigenvalue weighted by molar-refractivity contribution is -0.233. The van der Waals surface area contributed by atoms with Gasteiger partial charge >= 0.3 is 5.79 Å². The third-order valence-electron chi connectivity index (χ3n) is 9.23. The van der Waals surface area contributed by atoms with Crippen molar-refractivity contribution in [2.24, 2.45) is 0 Å². The van der Waals surface area contributed by atoms with Crippen LogP contribution < -0.4 is 9.47 Å². The third-order valence-corrected chi connectivity index (χ3v) is 9.23. The van der Waals surface area contributed by atoms with Crippen molar-refractivity contribution in [2.45, 2.75) is 51.9 Å². The summed E-state index contributed by atoms with van der Waals surface area (Å²) in [6.45, 7) is 8.34. The maximum atomic E-state index is 14.3. The van der Waals surface area contributed by atoms with Crippen molar-refractivity contribution in [3.8, 4) is 39.9 Å². The fraction of sp³-hybridized carbons (Fsp3) is 0.265. The van der Waals surface area contributed by atoms with Crippen LogP contribution in [0, 0.1) is 20.8 Å². The van der Waals surface area contributed by atoms with Gasteiger partial charge in [0.05, 0.1) is 5.41 Å². The Labute approximate surface area is 246 Å². The summed E-state index contributed by atoms with van der Waals surface area (Å²) in [5, 5.41) is 33.1. The van der Waals surface area contributed by atoms with Crippen LogP contribution in [0.5, 0.6) is 28.7 Å². The van der Waals surface area contributed by atoms with E-state index in [4.69, 9.17) is 14.2 Å². The van der Waals surface area contributed by atoms with Crippen LogP contribution in [0.15, 0.2) is 36.4 Å². The van der Waals surface area contributed by atoms with E-state index in [1.54, 1.807) is 46.8 Å². The molecule has 1 aliphatic heterocycles. The highest BCUT2D eigenvalue weighted by atomic mass is 16.7. The number of rotatable bonds is 1. The summed E-state index contributed by atoms with van der Waals surface area (Å²) in [5.41, 5.74) is 2.04. The SMILES string of the molecule is CO[C@]12Oc3c(cc4c(c3C)C(=O)C(=O)c3cc(C)c(O)cc3-4)O[C@H]1c1c(cc(O)c3cc(C)c(O)cc13)C(C)(C)C2=O. The molecule has 9 heteroatoms. The van der Waals surface area contributed by atoms with Crippen molar-refractivity contribution in [2.75, 3.05) is 7.11 Å². The molecule has 0 spiro atoms. The van der Waals surface area contributed by atoms with Gasteiger partial charge in [-0.15, -0.1) is 0 Å². The van der Waals surface area contributed by atoms with E-state index >= 15 is 0 Å². The second-order valence-electron chi connectivity index (χ2n) is 12.1. The van der Waals surface area contributed by atoms with E-state index < -0.39 is 34.7 Å². The largest absolute Gasteiger partial charge is 0.508 e. The summed E-state index contributed by atoms with van der Waals surface area (Å²) in [7, 11) is 1.33. The molecule has 3 aliphatic rings. The molecule has 2 aliphatic carbocycles. The first-order valence-corrected chi connectivity index (χ1v) is 13.8. The van der Waals surface area contributed by atoms with Crippen molar-refractivity contribution in [3.63, 3.8) is 0 Å². The highest BCUT2D eigenvalue weighted by Crippen LogP contribution is 2.58. The average Bonchev–Trinajstić information content (AvgIpc) is 2.96. The van der Waals surface area contributed by atoms with Gasteiger partial charge in [-0.25, -0.2) is 0 Å². The van der Waals surface area contributed by atoms with Crippen LogP contribution in [0.25, 0.3) is 21.9 Å². The number of phenols is 3. The Balaban J connectivity index is 1.54. The number of aryl methyl sites for hydroxylation is 2. The Bertz CT molecular complexity index is 2020. The van der Waals surface area contributed by atoms with Gasteiger partial charge in [0.25, 0.3) is 0 Å². The lowest BCUT2D eigenvalue weighted by Crippen LogP contribution is -2.63.